The summed E-state index contributed by atoms with van der Waals surface area (Å²) in [6.07, 6.45) is 25.0. The monoisotopic (exact) mass is 680 g/mol. The van der Waals surface area contributed by atoms with Crippen molar-refractivity contribution in [2.45, 2.75) is 187 Å². The number of carbonyl (C=O) groups is 2. The molecule has 10 nitrogen and oxygen atoms in total. The summed E-state index contributed by atoms with van der Waals surface area (Å²) in [6, 6.07) is 0. The Hall–Kier alpha value is -1.03. The zero-order valence-electron chi connectivity index (χ0n) is 29.3. The number of phosphoric acid groups is 1. The van der Waals surface area contributed by atoms with Crippen molar-refractivity contribution in [1.29, 1.82) is 0 Å². The van der Waals surface area contributed by atoms with Gasteiger partial charge in [0.05, 0.1) is 19.8 Å². The van der Waals surface area contributed by atoms with E-state index in [1.165, 1.54) is 96.3 Å². The molecule has 274 valence electrons. The number of aliphatic hydroxyl groups is 2. The molecule has 0 saturated carbocycles. The number of esters is 2. The molecule has 0 amide bonds. The van der Waals surface area contributed by atoms with Gasteiger partial charge in [0.2, 0.25) is 0 Å². The van der Waals surface area contributed by atoms with Crippen molar-refractivity contribution in [3.05, 3.63) is 0 Å². The quantitative estimate of drug-likeness (QED) is 0.0337. The largest absolute Gasteiger partial charge is 0.472 e. The van der Waals surface area contributed by atoms with Gasteiger partial charge in [-0.05, 0) is 12.8 Å². The van der Waals surface area contributed by atoms with Gasteiger partial charge in [-0.1, -0.05) is 149 Å². The van der Waals surface area contributed by atoms with E-state index < -0.39 is 51.8 Å². The molecule has 0 aliphatic rings. The second-order valence-electron chi connectivity index (χ2n) is 12.6. The zero-order chi connectivity index (χ0) is 34.1. The van der Waals surface area contributed by atoms with E-state index >= 15 is 0 Å². The van der Waals surface area contributed by atoms with E-state index in [1.807, 2.05) is 0 Å². The van der Waals surface area contributed by atoms with Crippen LogP contribution in [-0.2, 0) is 32.7 Å². The molecule has 3 unspecified atom stereocenters. The number of hydrogen-bond acceptors (Lipinski definition) is 9. The summed E-state index contributed by atoms with van der Waals surface area (Å²) >= 11 is 0. The van der Waals surface area contributed by atoms with Gasteiger partial charge >= 0.3 is 19.8 Å². The first-order valence-corrected chi connectivity index (χ1v) is 20.0. The highest BCUT2D eigenvalue weighted by molar-refractivity contribution is 7.47. The lowest BCUT2D eigenvalue weighted by Gasteiger charge is -2.20. The van der Waals surface area contributed by atoms with Crippen molar-refractivity contribution in [2.24, 2.45) is 0 Å². The Kier molecular flexibility index (Phi) is 31.8. The van der Waals surface area contributed by atoms with Crippen LogP contribution >= 0.6 is 7.82 Å². The number of carbonyl (C=O) groups excluding carboxylic acids is 2. The minimum Gasteiger partial charge on any atom is -0.462 e. The summed E-state index contributed by atoms with van der Waals surface area (Å²) < 4.78 is 32.5. The zero-order valence-corrected chi connectivity index (χ0v) is 30.2. The number of unbranched alkanes of at least 4 members (excludes halogenated alkanes) is 21. The van der Waals surface area contributed by atoms with E-state index in [2.05, 4.69) is 18.4 Å². The molecule has 3 atom stereocenters. The molecule has 0 saturated heterocycles. The van der Waals surface area contributed by atoms with Crippen LogP contribution in [0.2, 0.25) is 0 Å². The molecule has 0 aromatic heterocycles. The highest BCUT2D eigenvalue weighted by Gasteiger charge is 2.27. The minimum atomic E-state index is -4.60. The number of rotatable bonds is 35. The van der Waals surface area contributed by atoms with Crippen molar-refractivity contribution in [3.8, 4) is 0 Å². The van der Waals surface area contributed by atoms with Crippen molar-refractivity contribution < 1.29 is 47.8 Å². The topological polar surface area (TPSA) is 149 Å². The molecule has 0 aromatic rings. The third-order valence-corrected chi connectivity index (χ3v) is 8.96. The van der Waals surface area contributed by atoms with Gasteiger partial charge in [0.15, 0.2) is 6.10 Å². The molecular weight excluding hydrogens is 611 g/mol. The highest BCUT2D eigenvalue weighted by Crippen LogP contribution is 2.43. The molecule has 0 heterocycles. The fourth-order valence-corrected chi connectivity index (χ4v) is 5.90. The van der Waals surface area contributed by atoms with Gasteiger partial charge in [0.25, 0.3) is 0 Å². The van der Waals surface area contributed by atoms with Crippen molar-refractivity contribution in [3.63, 3.8) is 0 Å². The van der Waals surface area contributed by atoms with Crippen LogP contribution in [0.3, 0.4) is 0 Å². The Morgan fingerprint density at radius 3 is 1.35 bits per heavy atom. The van der Waals surface area contributed by atoms with Crippen LogP contribution in [0, 0.1) is 0 Å². The van der Waals surface area contributed by atoms with Crippen LogP contribution < -0.4 is 0 Å². The number of phosphoric ester groups is 1. The summed E-state index contributed by atoms with van der Waals surface area (Å²) in [7, 11) is -4.60. The third kappa shape index (κ3) is 31.6. The van der Waals surface area contributed by atoms with Crippen LogP contribution in [0.4, 0.5) is 0 Å². The molecular formula is C35H69O10P. The molecule has 0 radical (unpaired) electrons. The maximum Gasteiger partial charge on any atom is 0.472 e. The molecule has 0 aliphatic heterocycles. The molecule has 46 heavy (non-hydrogen) atoms. The molecule has 0 fully saturated rings. The van der Waals surface area contributed by atoms with Gasteiger partial charge in [0, 0.05) is 12.8 Å². The summed E-state index contributed by atoms with van der Waals surface area (Å²) in [5, 5.41) is 18.2. The van der Waals surface area contributed by atoms with Crippen molar-refractivity contribution in [1.82, 2.24) is 0 Å². The Labute approximate surface area is 280 Å². The van der Waals surface area contributed by atoms with E-state index in [0.29, 0.717) is 12.8 Å². The standard InChI is InChI=1S/C35H69O10P/c1-3-5-7-9-11-13-15-16-17-19-21-23-25-27-35(39)45-33(31-44-46(40,41)43-29-32(37)28-36)30-42-34(38)26-24-22-20-18-14-12-10-8-6-4-2/h32-33,36-37H,3-31H2,1-2H3,(H,40,41). The number of hydrogen-bond donors (Lipinski definition) is 3. The fraction of sp³-hybridized carbons (Fsp3) is 0.943. The van der Waals surface area contributed by atoms with Crippen molar-refractivity contribution >= 4 is 19.8 Å². The fourth-order valence-electron chi connectivity index (χ4n) is 5.11. The second-order valence-corrected chi connectivity index (χ2v) is 14.1. The van der Waals surface area contributed by atoms with Crippen LogP contribution in [-0.4, -0.2) is 65.7 Å². The molecule has 0 aliphatic carbocycles. The summed E-state index contributed by atoms with van der Waals surface area (Å²) in [5.41, 5.74) is 0. The molecule has 0 spiro atoms. The lowest BCUT2D eigenvalue weighted by Crippen LogP contribution is -2.29. The van der Waals surface area contributed by atoms with E-state index in [4.69, 9.17) is 19.1 Å². The van der Waals surface area contributed by atoms with Crippen molar-refractivity contribution in [2.75, 3.05) is 26.4 Å². The summed E-state index contributed by atoms with van der Waals surface area (Å²) in [5.74, 6) is -0.918. The van der Waals surface area contributed by atoms with Crippen LogP contribution in [0.15, 0.2) is 0 Å². The van der Waals surface area contributed by atoms with E-state index in [9.17, 15) is 24.2 Å². The molecule has 3 N–H and O–H groups in total. The predicted molar refractivity (Wildman–Crippen MR) is 182 cm³/mol. The average Bonchev–Trinajstić information content (AvgIpc) is 3.04. The Balaban J connectivity index is 4.36. The van der Waals surface area contributed by atoms with E-state index in [0.717, 1.165) is 38.5 Å². The summed E-state index contributed by atoms with van der Waals surface area (Å²) in [4.78, 5) is 34.7. The van der Waals surface area contributed by atoms with E-state index in [-0.39, 0.29) is 19.4 Å². The van der Waals surface area contributed by atoms with Gasteiger partial charge < -0.3 is 24.6 Å². The summed E-state index contributed by atoms with van der Waals surface area (Å²) in [6.45, 7) is 2.36. The molecule has 0 rings (SSSR count). The Bertz CT molecular complexity index is 751. The average molecular weight is 681 g/mol. The van der Waals surface area contributed by atoms with Gasteiger partial charge in [-0.3, -0.25) is 18.6 Å². The lowest BCUT2D eigenvalue weighted by atomic mass is 10.0. The number of aliphatic hydroxyl groups excluding tert-OH is 2. The van der Waals surface area contributed by atoms with Crippen LogP contribution in [0.1, 0.15) is 174 Å². The first kappa shape index (κ1) is 45.0. The highest BCUT2D eigenvalue weighted by atomic mass is 31.2. The molecule has 11 heteroatoms. The van der Waals surface area contributed by atoms with Gasteiger partial charge in [0.1, 0.15) is 12.7 Å². The maximum atomic E-state index is 12.5. The Morgan fingerprint density at radius 1 is 0.565 bits per heavy atom. The first-order valence-electron chi connectivity index (χ1n) is 18.5. The normalized spacial score (nSPS) is 14.1. The smallest absolute Gasteiger partial charge is 0.462 e. The molecule has 0 bridgehead atoms. The second kappa shape index (κ2) is 32.5. The SMILES string of the molecule is CCCCCCCCCCCCCCCC(=O)OC(COC(=O)CCCCCCCCCCCC)COP(=O)(O)OCC(O)CO. The minimum absolute atomic E-state index is 0.191. The molecule has 0 aromatic carbocycles. The van der Waals surface area contributed by atoms with Gasteiger partial charge in [-0.25, -0.2) is 4.57 Å². The van der Waals surface area contributed by atoms with Crippen LogP contribution in [0.25, 0.3) is 0 Å². The Morgan fingerprint density at radius 2 is 0.935 bits per heavy atom. The number of ether oxygens (including phenoxy) is 2. The van der Waals surface area contributed by atoms with Gasteiger partial charge in [-0.15, -0.1) is 0 Å². The first-order chi connectivity index (χ1) is 22.2. The maximum absolute atomic E-state index is 12.5. The third-order valence-electron chi connectivity index (χ3n) is 8.01. The van der Waals surface area contributed by atoms with Gasteiger partial charge in [-0.2, -0.15) is 0 Å². The van der Waals surface area contributed by atoms with Crippen LogP contribution in [0.5, 0.6) is 0 Å². The predicted octanol–water partition coefficient (Wildman–Crippen LogP) is 8.72. The lowest BCUT2D eigenvalue weighted by molar-refractivity contribution is -0.161. The van der Waals surface area contributed by atoms with E-state index in [1.54, 1.807) is 0 Å².